The van der Waals surface area contributed by atoms with Crippen molar-refractivity contribution in [3.63, 3.8) is 0 Å². The van der Waals surface area contributed by atoms with Crippen LogP contribution in [0.5, 0.6) is 0 Å². The maximum absolute atomic E-state index is 4.86. The summed E-state index contributed by atoms with van der Waals surface area (Å²) in [5.41, 5.74) is 15.2. The predicted octanol–water partition coefficient (Wildman–Crippen LogP) is 8.79. The van der Waals surface area contributed by atoms with E-state index in [9.17, 15) is 0 Å². The fourth-order valence-corrected chi connectivity index (χ4v) is 7.11. The van der Waals surface area contributed by atoms with Crippen molar-refractivity contribution in [1.29, 1.82) is 0 Å². The van der Waals surface area contributed by atoms with Gasteiger partial charge in [-0.15, -0.1) is 0 Å². The second-order valence-electron chi connectivity index (χ2n) is 12.9. The Morgan fingerprint density at radius 3 is 1.12 bits per heavy atom. The van der Waals surface area contributed by atoms with Gasteiger partial charge in [0.25, 0.3) is 0 Å². The number of rotatable bonds is 5. The van der Waals surface area contributed by atoms with E-state index in [0.717, 1.165) is 49.4 Å². The van der Waals surface area contributed by atoms with Crippen molar-refractivity contribution in [2.75, 3.05) is 36.0 Å². The van der Waals surface area contributed by atoms with Crippen LogP contribution in [0, 0.1) is 53.4 Å². The Labute approximate surface area is 252 Å². The third-order valence-corrected chi connectivity index (χ3v) is 10.4. The van der Waals surface area contributed by atoms with Crippen molar-refractivity contribution in [2.45, 2.75) is 67.2 Å². The van der Waals surface area contributed by atoms with E-state index in [1.807, 2.05) is 0 Å². The molecule has 4 heteroatoms. The quantitative estimate of drug-likeness (QED) is 0.245. The lowest BCUT2D eigenvalue weighted by atomic mass is 9.78. The first-order chi connectivity index (χ1) is 20.3. The van der Waals surface area contributed by atoms with Crippen molar-refractivity contribution < 1.29 is 0 Å². The summed E-state index contributed by atoms with van der Waals surface area (Å²) in [6, 6.07) is 18.0. The Kier molecular flexibility index (Phi) is 8.07. The number of benzene rings is 2. The molecule has 4 heterocycles. The minimum Gasteiger partial charge on any atom is -0.370 e. The van der Waals surface area contributed by atoms with Gasteiger partial charge in [0.15, 0.2) is 0 Å². The molecule has 0 saturated carbocycles. The van der Waals surface area contributed by atoms with Crippen molar-refractivity contribution in [2.24, 2.45) is 11.8 Å². The zero-order chi connectivity index (χ0) is 29.4. The highest BCUT2D eigenvalue weighted by atomic mass is 15.1. The lowest BCUT2D eigenvalue weighted by Gasteiger charge is -2.41. The molecule has 0 spiro atoms. The van der Waals surface area contributed by atoms with Gasteiger partial charge in [0.1, 0.15) is 0 Å². The summed E-state index contributed by atoms with van der Waals surface area (Å²) in [7, 11) is 0. The molecule has 2 fully saturated rings. The van der Waals surface area contributed by atoms with E-state index in [1.165, 1.54) is 81.6 Å². The second kappa shape index (κ2) is 11.9. The van der Waals surface area contributed by atoms with Crippen molar-refractivity contribution in [1.82, 2.24) is 9.97 Å². The van der Waals surface area contributed by atoms with E-state index in [-0.39, 0.29) is 0 Å². The standard InChI is InChI=1S/C38H46N4/c1-25-19-33(20-26(2)29(25)5)37-9-7-35(23-39-37)41-15-11-31(12-16-41)32-13-17-42(18-14-32)36-8-10-38(40-24-36)34-21-27(3)30(6)28(4)22-34/h7-10,19-24,31-32H,11-18H2,1-6H3. The highest BCUT2D eigenvalue weighted by Gasteiger charge is 2.30. The summed E-state index contributed by atoms with van der Waals surface area (Å²) in [5, 5.41) is 0. The molecule has 0 bridgehead atoms. The van der Waals surface area contributed by atoms with Crippen LogP contribution in [0.3, 0.4) is 0 Å². The zero-order valence-corrected chi connectivity index (χ0v) is 26.4. The van der Waals surface area contributed by atoms with Gasteiger partial charge < -0.3 is 9.80 Å². The monoisotopic (exact) mass is 558 g/mol. The van der Waals surface area contributed by atoms with Crippen LogP contribution >= 0.6 is 0 Å². The Bertz CT molecular complexity index is 1370. The molecular formula is C38H46N4. The molecule has 42 heavy (non-hydrogen) atoms. The van der Waals surface area contributed by atoms with Crippen molar-refractivity contribution in [3.8, 4) is 22.5 Å². The molecule has 2 aromatic carbocycles. The molecule has 2 saturated heterocycles. The maximum Gasteiger partial charge on any atom is 0.0703 e. The number of piperidine rings is 2. The van der Waals surface area contributed by atoms with Gasteiger partial charge >= 0.3 is 0 Å². The van der Waals surface area contributed by atoms with Crippen molar-refractivity contribution in [3.05, 3.63) is 94.3 Å². The molecule has 0 N–H and O–H groups in total. The minimum absolute atomic E-state index is 0.836. The SMILES string of the molecule is Cc1cc(-c2ccc(N3CCC(C4CCN(c5ccc(-c6cc(C)c(C)c(C)c6)nc5)CC4)CC3)cn2)cc(C)c1C. The first kappa shape index (κ1) is 28.5. The molecule has 0 atom stereocenters. The maximum atomic E-state index is 4.86. The third kappa shape index (κ3) is 5.82. The van der Waals surface area contributed by atoms with Gasteiger partial charge in [0, 0.05) is 37.3 Å². The van der Waals surface area contributed by atoms with Gasteiger partial charge in [-0.25, -0.2) is 0 Å². The Morgan fingerprint density at radius 1 is 0.500 bits per heavy atom. The molecule has 0 radical (unpaired) electrons. The fourth-order valence-electron chi connectivity index (χ4n) is 7.11. The smallest absolute Gasteiger partial charge is 0.0703 e. The normalized spacial score (nSPS) is 16.7. The molecule has 6 rings (SSSR count). The van der Waals surface area contributed by atoms with Gasteiger partial charge in [-0.2, -0.15) is 0 Å². The van der Waals surface area contributed by atoms with Gasteiger partial charge in [-0.1, -0.05) is 0 Å². The Balaban J connectivity index is 1.01. The van der Waals surface area contributed by atoms with Crippen LogP contribution in [0.25, 0.3) is 22.5 Å². The number of hydrogen-bond acceptors (Lipinski definition) is 4. The predicted molar refractivity (Wildman–Crippen MR) is 178 cm³/mol. The van der Waals surface area contributed by atoms with E-state index in [4.69, 9.17) is 9.97 Å². The first-order valence-corrected chi connectivity index (χ1v) is 15.9. The molecule has 2 aliphatic rings. The number of pyridine rings is 2. The highest BCUT2D eigenvalue weighted by molar-refractivity contribution is 5.65. The fraction of sp³-hybridized carbons (Fsp3) is 0.421. The topological polar surface area (TPSA) is 32.3 Å². The van der Waals surface area contributed by atoms with Crippen LogP contribution < -0.4 is 9.80 Å². The molecular weight excluding hydrogens is 512 g/mol. The number of nitrogens with zero attached hydrogens (tertiary/aromatic N) is 4. The minimum atomic E-state index is 0.836. The summed E-state index contributed by atoms with van der Waals surface area (Å²) in [6.45, 7) is 17.7. The summed E-state index contributed by atoms with van der Waals surface area (Å²) in [5.74, 6) is 1.67. The van der Waals surface area contributed by atoms with Crippen LogP contribution in [0.1, 0.15) is 59.1 Å². The first-order valence-electron chi connectivity index (χ1n) is 15.9. The molecule has 0 amide bonds. The van der Waals surface area contributed by atoms with Gasteiger partial charge in [0.05, 0.1) is 35.2 Å². The van der Waals surface area contributed by atoms with Gasteiger partial charge in [-0.3, -0.25) is 9.97 Å². The number of aryl methyl sites for hydroxylation is 4. The van der Waals surface area contributed by atoms with E-state index in [0.29, 0.717) is 0 Å². The highest BCUT2D eigenvalue weighted by Crippen LogP contribution is 2.36. The summed E-state index contributed by atoms with van der Waals surface area (Å²) in [6.07, 6.45) is 9.31. The van der Waals surface area contributed by atoms with E-state index in [2.05, 4.69) is 112 Å². The van der Waals surface area contributed by atoms with Crippen LogP contribution in [0.4, 0.5) is 11.4 Å². The number of hydrogen-bond donors (Lipinski definition) is 0. The van der Waals surface area contributed by atoms with E-state index in [1.54, 1.807) is 0 Å². The summed E-state index contributed by atoms with van der Waals surface area (Å²) in [4.78, 5) is 14.8. The lowest BCUT2D eigenvalue weighted by Crippen LogP contribution is -2.41. The third-order valence-electron chi connectivity index (χ3n) is 10.4. The van der Waals surface area contributed by atoms with Crippen LogP contribution in [-0.2, 0) is 0 Å². The molecule has 4 aromatic rings. The largest absolute Gasteiger partial charge is 0.370 e. The van der Waals surface area contributed by atoms with Crippen molar-refractivity contribution >= 4 is 11.4 Å². The van der Waals surface area contributed by atoms with E-state index >= 15 is 0 Å². The number of anilines is 2. The molecule has 2 aromatic heterocycles. The van der Waals surface area contributed by atoms with Crippen LogP contribution in [0.2, 0.25) is 0 Å². The molecule has 2 aliphatic heterocycles. The average molecular weight is 559 g/mol. The zero-order valence-electron chi connectivity index (χ0n) is 26.4. The second-order valence-corrected chi connectivity index (χ2v) is 12.9. The average Bonchev–Trinajstić information content (AvgIpc) is 3.02. The molecule has 0 aliphatic carbocycles. The van der Waals surface area contributed by atoms with Gasteiger partial charge in [0.2, 0.25) is 0 Å². The molecule has 0 unspecified atom stereocenters. The molecule has 4 nitrogen and oxygen atoms in total. The van der Waals surface area contributed by atoms with Crippen LogP contribution in [0.15, 0.2) is 60.9 Å². The summed E-state index contributed by atoms with van der Waals surface area (Å²) >= 11 is 0. The Hall–Kier alpha value is -3.66. The lowest BCUT2D eigenvalue weighted by molar-refractivity contribution is 0.233. The molecule has 218 valence electrons. The van der Waals surface area contributed by atoms with Crippen LogP contribution in [-0.4, -0.2) is 36.1 Å². The van der Waals surface area contributed by atoms with E-state index < -0.39 is 0 Å². The van der Waals surface area contributed by atoms with Gasteiger partial charge in [-0.05, 0) is 161 Å². The number of aromatic nitrogens is 2. The summed E-state index contributed by atoms with van der Waals surface area (Å²) < 4.78 is 0. The Morgan fingerprint density at radius 2 is 0.833 bits per heavy atom.